The van der Waals surface area contributed by atoms with Gasteiger partial charge in [-0.1, -0.05) is 30.3 Å². The fourth-order valence-corrected chi connectivity index (χ4v) is 3.47. The van der Waals surface area contributed by atoms with Gasteiger partial charge < -0.3 is 15.6 Å². The summed E-state index contributed by atoms with van der Waals surface area (Å²) in [6.07, 6.45) is 0.514. The van der Waals surface area contributed by atoms with Crippen LogP contribution in [0.2, 0.25) is 0 Å². The monoisotopic (exact) mass is 455 g/mol. The smallest absolute Gasteiger partial charge is 0.352 e. The van der Waals surface area contributed by atoms with Crippen molar-refractivity contribution in [3.8, 4) is 17.0 Å². The predicted octanol–water partition coefficient (Wildman–Crippen LogP) is 3.54. The van der Waals surface area contributed by atoms with Crippen LogP contribution in [0.1, 0.15) is 12.0 Å². The molecule has 1 heterocycles. The normalized spacial score (nSPS) is 11.2. The minimum absolute atomic E-state index is 0.163. The van der Waals surface area contributed by atoms with Crippen LogP contribution in [0.5, 0.6) is 5.75 Å². The van der Waals surface area contributed by atoms with E-state index >= 15 is 0 Å². The molecule has 166 valence electrons. The number of rotatable bonds is 11. The number of carboxylic acids is 1. The van der Waals surface area contributed by atoms with Crippen molar-refractivity contribution in [1.82, 2.24) is 4.98 Å². The van der Waals surface area contributed by atoms with Crippen molar-refractivity contribution >= 4 is 33.8 Å². The fourth-order valence-electron chi connectivity index (χ4n) is 2.82. The van der Waals surface area contributed by atoms with E-state index in [0.29, 0.717) is 29.7 Å². The summed E-state index contributed by atoms with van der Waals surface area (Å²) in [6.45, 7) is 1.02. The molecule has 0 unspecified atom stereocenters. The first kappa shape index (κ1) is 22.8. The van der Waals surface area contributed by atoms with E-state index in [0.717, 1.165) is 12.0 Å². The van der Waals surface area contributed by atoms with Crippen LogP contribution in [0.3, 0.4) is 0 Å². The molecule has 0 aliphatic carbocycles. The first-order chi connectivity index (χ1) is 15.5. The van der Waals surface area contributed by atoms with Crippen molar-refractivity contribution in [2.45, 2.75) is 12.8 Å². The number of nitrogens with zero attached hydrogens (tertiary/aromatic N) is 3. The number of hydrazone groups is 1. The quantitative estimate of drug-likeness (QED) is 0.172. The van der Waals surface area contributed by atoms with Crippen LogP contribution in [-0.2, 0) is 11.2 Å². The lowest BCUT2D eigenvalue weighted by molar-refractivity contribution is -0.385. The molecule has 3 rings (SSSR count). The fraction of sp³-hybridized carbons (Fsp3) is 0.190. The summed E-state index contributed by atoms with van der Waals surface area (Å²) in [7, 11) is 0. The third-order valence-corrected chi connectivity index (χ3v) is 5.10. The number of anilines is 1. The zero-order chi connectivity index (χ0) is 22.9. The van der Waals surface area contributed by atoms with E-state index in [9.17, 15) is 20.0 Å². The largest absolute Gasteiger partial charge is 0.493 e. The number of carbonyl (C=O) groups is 1. The third-order valence-electron chi connectivity index (χ3n) is 4.35. The molecule has 4 N–H and O–H groups in total. The average molecular weight is 455 g/mol. The molecule has 0 spiro atoms. The molecule has 11 heteroatoms. The minimum atomic E-state index is -1.29. The second-order valence-electron chi connectivity index (χ2n) is 6.56. The number of benzene rings is 2. The van der Waals surface area contributed by atoms with Gasteiger partial charge in [-0.25, -0.2) is 9.78 Å². The van der Waals surface area contributed by atoms with Crippen molar-refractivity contribution in [1.29, 1.82) is 0 Å². The summed E-state index contributed by atoms with van der Waals surface area (Å²) in [6, 6.07) is 13.4. The maximum atomic E-state index is 11.6. The van der Waals surface area contributed by atoms with Gasteiger partial charge in [-0.3, -0.25) is 15.5 Å². The Labute approximate surface area is 187 Å². The third kappa shape index (κ3) is 5.86. The van der Waals surface area contributed by atoms with Crippen LogP contribution in [0.25, 0.3) is 11.3 Å². The summed E-state index contributed by atoms with van der Waals surface area (Å²) in [5.41, 5.74) is 9.40. The molecule has 0 amide bonds. The van der Waals surface area contributed by atoms with Crippen molar-refractivity contribution in [2.75, 3.05) is 18.6 Å². The van der Waals surface area contributed by atoms with Crippen molar-refractivity contribution in [2.24, 2.45) is 10.8 Å². The molecular weight excluding hydrogens is 434 g/mol. The number of thiazole rings is 1. The average Bonchev–Trinajstić information content (AvgIpc) is 3.26. The molecule has 0 bridgehead atoms. The Hall–Kier alpha value is -3.83. The van der Waals surface area contributed by atoms with Crippen LogP contribution in [0, 0.1) is 10.1 Å². The molecule has 0 aliphatic rings. The van der Waals surface area contributed by atoms with Gasteiger partial charge in [0.1, 0.15) is 11.5 Å². The summed E-state index contributed by atoms with van der Waals surface area (Å²) in [4.78, 5) is 26.7. The number of para-hydroxylation sites is 2. The number of hydrogen-bond acceptors (Lipinski definition) is 9. The number of nitrogens with two attached hydrogens (primary N) is 1. The molecular formula is C21H21N5O5S. The van der Waals surface area contributed by atoms with Crippen LogP contribution in [0.4, 0.5) is 10.8 Å². The number of aliphatic carboxylic acids is 1. The van der Waals surface area contributed by atoms with E-state index < -0.39 is 10.9 Å². The highest BCUT2D eigenvalue weighted by Crippen LogP contribution is 2.32. The highest BCUT2D eigenvalue weighted by Gasteiger charge is 2.19. The van der Waals surface area contributed by atoms with Gasteiger partial charge in [-0.15, -0.1) is 11.3 Å². The van der Waals surface area contributed by atoms with Crippen molar-refractivity contribution < 1.29 is 19.6 Å². The lowest BCUT2D eigenvalue weighted by atomic mass is 10.1. The molecule has 0 atom stereocenters. The maximum absolute atomic E-state index is 11.6. The number of aromatic nitrogens is 1. The van der Waals surface area contributed by atoms with E-state index in [2.05, 4.69) is 15.5 Å². The van der Waals surface area contributed by atoms with Gasteiger partial charge in [-0.2, -0.15) is 5.10 Å². The highest BCUT2D eigenvalue weighted by atomic mass is 32.1. The summed E-state index contributed by atoms with van der Waals surface area (Å²) >= 11 is 1.24. The Morgan fingerprint density at radius 2 is 2.00 bits per heavy atom. The Bertz CT molecular complexity index is 1130. The minimum Gasteiger partial charge on any atom is -0.493 e. The Balaban J connectivity index is 1.77. The summed E-state index contributed by atoms with van der Waals surface area (Å²) in [5, 5.41) is 26.8. The zero-order valence-electron chi connectivity index (χ0n) is 16.9. The second kappa shape index (κ2) is 11.0. The molecule has 0 fully saturated rings. The molecule has 32 heavy (non-hydrogen) atoms. The molecule has 10 nitrogen and oxygen atoms in total. The van der Waals surface area contributed by atoms with Gasteiger partial charge in [0.25, 0.3) is 5.69 Å². The number of carboxylic acid groups (broad SMARTS) is 1. The van der Waals surface area contributed by atoms with Gasteiger partial charge in [0.15, 0.2) is 0 Å². The maximum Gasteiger partial charge on any atom is 0.352 e. The topological polar surface area (TPSA) is 153 Å². The standard InChI is InChI=1S/C21H21N5O5S/c22-10-5-11-31-19-9-4-2-7-15(19)17-13-32-21(23-17)25-24-16(20(27)28)12-14-6-1-3-8-18(14)26(29)30/h1-4,6-9,13H,5,10-12,22H2,(H,23,25)(H,27,28)/b24-16-. The van der Waals surface area contributed by atoms with Crippen LogP contribution in [-0.4, -0.2) is 39.8 Å². The number of nitro groups is 1. The van der Waals surface area contributed by atoms with Gasteiger partial charge in [0.2, 0.25) is 5.13 Å². The number of hydrogen-bond donors (Lipinski definition) is 3. The Morgan fingerprint density at radius 1 is 1.25 bits per heavy atom. The molecule has 0 saturated heterocycles. The van der Waals surface area contributed by atoms with Gasteiger partial charge in [0.05, 0.1) is 17.2 Å². The van der Waals surface area contributed by atoms with E-state index in [1.165, 1.54) is 29.5 Å². The Morgan fingerprint density at radius 3 is 2.75 bits per heavy atom. The van der Waals surface area contributed by atoms with Crippen LogP contribution >= 0.6 is 11.3 Å². The Kier molecular flexibility index (Phi) is 7.84. The number of ether oxygens (including phenoxy) is 1. The van der Waals surface area contributed by atoms with E-state index in [1.54, 1.807) is 11.4 Å². The SMILES string of the molecule is NCCCOc1ccccc1-c1csc(N/N=C(/Cc2ccccc2[N+](=O)[O-])C(=O)O)n1. The number of nitro benzene ring substituents is 1. The zero-order valence-corrected chi connectivity index (χ0v) is 17.7. The van der Waals surface area contributed by atoms with Crippen molar-refractivity contribution in [3.63, 3.8) is 0 Å². The number of nitrogens with one attached hydrogen (secondary N) is 1. The summed E-state index contributed by atoms with van der Waals surface area (Å²) in [5.74, 6) is -0.616. The molecule has 0 aliphatic heterocycles. The van der Waals surface area contributed by atoms with Gasteiger partial charge in [-0.05, 0) is 25.1 Å². The molecule has 1 aromatic heterocycles. The van der Waals surface area contributed by atoms with Gasteiger partial charge in [0, 0.05) is 29.0 Å². The summed E-state index contributed by atoms with van der Waals surface area (Å²) < 4.78 is 5.77. The van der Waals surface area contributed by atoms with Gasteiger partial charge >= 0.3 is 5.97 Å². The lowest BCUT2D eigenvalue weighted by Crippen LogP contribution is -2.18. The molecule has 3 aromatic rings. The first-order valence-corrected chi connectivity index (χ1v) is 10.5. The molecule has 0 radical (unpaired) electrons. The van der Waals surface area contributed by atoms with E-state index in [1.807, 2.05) is 24.3 Å². The van der Waals surface area contributed by atoms with Crippen molar-refractivity contribution in [3.05, 3.63) is 69.6 Å². The highest BCUT2D eigenvalue weighted by molar-refractivity contribution is 7.14. The molecule has 0 saturated carbocycles. The lowest BCUT2D eigenvalue weighted by Gasteiger charge is -2.09. The molecule has 2 aromatic carbocycles. The van der Waals surface area contributed by atoms with Crippen LogP contribution in [0.15, 0.2) is 59.0 Å². The predicted molar refractivity (Wildman–Crippen MR) is 122 cm³/mol. The van der Waals surface area contributed by atoms with Crippen LogP contribution < -0.4 is 15.9 Å². The second-order valence-corrected chi connectivity index (χ2v) is 7.42. The van der Waals surface area contributed by atoms with E-state index in [4.69, 9.17) is 10.5 Å². The first-order valence-electron chi connectivity index (χ1n) is 9.65. The van der Waals surface area contributed by atoms with E-state index in [-0.39, 0.29) is 23.4 Å².